The highest BCUT2D eigenvalue weighted by atomic mass is 16.7. The summed E-state index contributed by atoms with van der Waals surface area (Å²) >= 11 is 0. The third kappa shape index (κ3) is 6.51. The van der Waals surface area contributed by atoms with Crippen LogP contribution in [0.15, 0.2) is 91.0 Å². The maximum absolute atomic E-state index is 10.1. The number of rotatable bonds is 11. The highest BCUT2D eigenvalue weighted by Gasteiger charge is 2.48. The molecule has 1 saturated heterocycles. The van der Waals surface area contributed by atoms with Gasteiger partial charge in [0.15, 0.2) is 6.29 Å². The summed E-state index contributed by atoms with van der Waals surface area (Å²) in [7, 11) is 1.57. The number of aliphatic hydroxyl groups is 1. The fourth-order valence-corrected chi connectivity index (χ4v) is 4.08. The van der Waals surface area contributed by atoms with Crippen molar-refractivity contribution in [2.24, 2.45) is 0 Å². The van der Waals surface area contributed by atoms with E-state index in [1.807, 2.05) is 91.0 Å². The van der Waals surface area contributed by atoms with Crippen molar-refractivity contribution in [3.05, 3.63) is 108 Å². The Hall–Kier alpha value is -2.58. The molecule has 3 aromatic rings. The summed E-state index contributed by atoms with van der Waals surface area (Å²) < 4.78 is 30.7. The fraction of sp³-hybridized carbons (Fsp3) is 0.357. The maximum atomic E-state index is 10.1. The van der Waals surface area contributed by atoms with Crippen LogP contribution in [0.1, 0.15) is 16.7 Å². The van der Waals surface area contributed by atoms with Gasteiger partial charge < -0.3 is 28.8 Å². The van der Waals surface area contributed by atoms with Crippen molar-refractivity contribution in [1.29, 1.82) is 0 Å². The fourth-order valence-electron chi connectivity index (χ4n) is 4.08. The van der Waals surface area contributed by atoms with Crippen molar-refractivity contribution < 1.29 is 28.8 Å². The van der Waals surface area contributed by atoms with Gasteiger partial charge in [-0.1, -0.05) is 91.0 Å². The lowest BCUT2D eigenvalue weighted by molar-refractivity contribution is -0.321. The number of hydrogen-bond donors (Lipinski definition) is 1. The summed E-state index contributed by atoms with van der Waals surface area (Å²) in [6.45, 7) is 0.876. The average molecular weight is 465 g/mol. The third-order valence-corrected chi connectivity index (χ3v) is 5.86. The molecule has 0 aliphatic carbocycles. The molecule has 180 valence electrons. The van der Waals surface area contributed by atoms with Gasteiger partial charge in [0, 0.05) is 7.11 Å². The van der Waals surface area contributed by atoms with Crippen LogP contribution in [0.5, 0.6) is 0 Å². The Labute approximate surface area is 201 Å². The van der Waals surface area contributed by atoms with Crippen LogP contribution < -0.4 is 0 Å². The van der Waals surface area contributed by atoms with Crippen molar-refractivity contribution in [2.45, 2.75) is 50.5 Å². The first-order chi connectivity index (χ1) is 16.8. The SMILES string of the molecule is CO[C@@H]1O[C@H](CO)[C@@H](OCc2ccccc2)[C@@H](OCc2ccccc2)[C@H]1OCc1ccccc1. The highest BCUT2D eigenvalue weighted by molar-refractivity contribution is 5.15. The predicted molar refractivity (Wildman–Crippen MR) is 128 cm³/mol. The zero-order valence-corrected chi connectivity index (χ0v) is 19.4. The van der Waals surface area contributed by atoms with Crippen LogP contribution in [-0.2, 0) is 43.5 Å². The monoisotopic (exact) mass is 464 g/mol. The molecule has 1 N–H and O–H groups in total. The van der Waals surface area contributed by atoms with E-state index in [4.69, 9.17) is 23.7 Å². The Morgan fingerprint density at radius 1 is 0.618 bits per heavy atom. The molecule has 0 aromatic heterocycles. The van der Waals surface area contributed by atoms with E-state index in [1.54, 1.807) is 7.11 Å². The van der Waals surface area contributed by atoms with E-state index in [9.17, 15) is 5.11 Å². The molecule has 1 aliphatic rings. The molecule has 5 atom stereocenters. The van der Waals surface area contributed by atoms with E-state index in [-0.39, 0.29) is 6.61 Å². The molecule has 1 heterocycles. The van der Waals surface area contributed by atoms with Gasteiger partial charge >= 0.3 is 0 Å². The largest absolute Gasteiger partial charge is 0.394 e. The molecule has 0 unspecified atom stereocenters. The first-order valence-corrected chi connectivity index (χ1v) is 11.5. The molecule has 0 bridgehead atoms. The van der Waals surface area contributed by atoms with Crippen LogP contribution in [0, 0.1) is 0 Å². The molecule has 6 heteroatoms. The van der Waals surface area contributed by atoms with Crippen molar-refractivity contribution >= 4 is 0 Å². The Morgan fingerprint density at radius 3 is 1.44 bits per heavy atom. The Kier molecular flexibility index (Phi) is 9.21. The van der Waals surface area contributed by atoms with Crippen LogP contribution in [0.2, 0.25) is 0 Å². The Morgan fingerprint density at radius 2 is 1.03 bits per heavy atom. The molecular formula is C28H32O6. The summed E-state index contributed by atoms with van der Waals surface area (Å²) in [6.07, 6.45) is -2.97. The van der Waals surface area contributed by atoms with Crippen molar-refractivity contribution in [3.63, 3.8) is 0 Å². The average Bonchev–Trinajstić information content (AvgIpc) is 2.91. The first-order valence-electron chi connectivity index (χ1n) is 11.5. The number of methoxy groups -OCH3 is 1. The van der Waals surface area contributed by atoms with Gasteiger partial charge in [0.1, 0.15) is 24.4 Å². The Bertz CT molecular complexity index is 895. The van der Waals surface area contributed by atoms with Crippen molar-refractivity contribution in [3.8, 4) is 0 Å². The number of ether oxygens (including phenoxy) is 5. The number of aliphatic hydroxyl groups excluding tert-OH is 1. The minimum Gasteiger partial charge on any atom is -0.394 e. The molecule has 34 heavy (non-hydrogen) atoms. The van der Waals surface area contributed by atoms with Crippen LogP contribution in [0.25, 0.3) is 0 Å². The number of benzene rings is 3. The molecule has 6 nitrogen and oxygen atoms in total. The lowest BCUT2D eigenvalue weighted by Crippen LogP contribution is -2.61. The third-order valence-electron chi connectivity index (χ3n) is 5.86. The summed E-state index contributed by atoms with van der Waals surface area (Å²) in [5.41, 5.74) is 3.09. The molecule has 0 amide bonds. The quantitative estimate of drug-likeness (QED) is 0.461. The Balaban J connectivity index is 1.56. The minimum atomic E-state index is -0.710. The lowest BCUT2D eigenvalue weighted by atomic mass is 9.98. The van der Waals surface area contributed by atoms with E-state index in [0.717, 1.165) is 16.7 Å². The highest BCUT2D eigenvalue weighted by Crippen LogP contribution is 2.30. The minimum absolute atomic E-state index is 0.226. The molecule has 4 rings (SSSR count). The first kappa shape index (κ1) is 24.5. The lowest BCUT2D eigenvalue weighted by Gasteiger charge is -2.45. The molecule has 3 aromatic carbocycles. The van der Waals surface area contributed by atoms with E-state index >= 15 is 0 Å². The second-order valence-electron chi connectivity index (χ2n) is 8.24. The van der Waals surface area contributed by atoms with Gasteiger partial charge in [0.25, 0.3) is 0 Å². The van der Waals surface area contributed by atoms with Crippen LogP contribution >= 0.6 is 0 Å². The molecule has 0 saturated carbocycles. The number of hydrogen-bond acceptors (Lipinski definition) is 6. The normalized spacial score (nSPS) is 24.7. The molecule has 1 fully saturated rings. The molecule has 0 spiro atoms. The summed E-state index contributed by atoms with van der Waals surface area (Å²) in [4.78, 5) is 0. The van der Waals surface area contributed by atoms with Gasteiger partial charge in [-0.15, -0.1) is 0 Å². The maximum Gasteiger partial charge on any atom is 0.186 e. The predicted octanol–water partition coefficient (Wildman–Crippen LogP) is 4.11. The van der Waals surface area contributed by atoms with Crippen LogP contribution in [0.4, 0.5) is 0 Å². The van der Waals surface area contributed by atoms with Gasteiger partial charge in [-0.3, -0.25) is 0 Å². The van der Waals surface area contributed by atoms with Gasteiger partial charge in [-0.05, 0) is 16.7 Å². The second kappa shape index (κ2) is 12.8. The molecule has 0 radical (unpaired) electrons. The zero-order valence-electron chi connectivity index (χ0n) is 19.4. The summed E-state index contributed by atoms with van der Waals surface area (Å²) in [5, 5.41) is 10.1. The summed E-state index contributed by atoms with van der Waals surface area (Å²) in [5.74, 6) is 0. The van der Waals surface area contributed by atoms with Gasteiger partial charge in [0.2, 0.25) is 0 Å². The van der Waals surface area contributed by atoms with E-state index in [1.165, 1.54) is 0 Å². The topological polar surface area (TPSA) is 66.4 Å². The van der Waals surface area contributed by atoms with E-state index in [2.05, 4.69) is 0 Å². The molecule has 1 aliphatic heterocycles. The van der Waals surface area contributed by atoms with Crippen LogP contribution in [-0.4, -0.2) is 49.5 Å². The second-order valence-corrected chi connectivity index (χ2v) is 8.24. The van der Waals surface area contributed by atoms with E-state index < -0.39 is 30.7 Å². The van der Waals surface area contributed by atoms with E-state index in [0.29, 0.717) is 19.8 Å². The van der Waals surface area contributed by atoms with Gasteiger partial charge in [-0.2, -0.15) is 0 Å². The van der Waals surface area contributed by atoms with Crippen molar-refractivity contribution in [1.82, 2.24) is 0 Å². The summed E-state index contributed by atoms with van der Waals surface area (Å²) in [6, 6.07) is 29.8. The van der Waals surface area contributed by atoms with Gasteiger partial charge in [0.05, 0.1) is 26.4 Å². The van der Waals surface area contributed by atoms with Crippen molar-refractivity contribution in [2.75, 3.05) is 13.7 Å². The van der Waals surface area contributed by atoms with Gasteiger partial charge in [-0.25, -0.2) is 0 Å². The van der Waals surface area contributed by atoms with Crippen LogP contribution in [0.3, 0.4) is 0 Å². The smallest absolute Gasteiger partial charge is 0.186 e. The standard InChI is InChI=1S/C28H32O6/c1-30-28-27(33-20-23-15-9-4-10-16-23)26(32-19-22-13-7-3-8-14-22)25(24(17-29)34-28)31-18-21-11-5-2-6-12-21/h2-16,24-29H,17-20H2,1H3/t24-,25-,26-,27-,28-/m1/s1. The zero-order chi connectivity index (χ0) is 23.6. The molecular weight excluding hydrogens is 432 g/mol.